The van der Waals surface area contributed by atoms with Crippen LogP contribution in [0.5, 0.6) is 23.0 Å². The fraction of sp³-hybridized carbons (Fsp3) is 0.459. The van der Waals surface area contributed by atoms with Crippen molar-refractivity contribution in [3.8, 4) is 23.0 Å². The van der Waals surface area contributed by atoms with Gasteiger partial charge >= 0.3 is 35.9 Å². The lowest BCUT2D eigenvalue weighted by atomic mass is 9.79. The first-order valence-electron chi connectivity index (χ1n) is 33.9. The van der Waals surface area contributed by atoms with Crippen LogP contribution in [0, 0.1) is 0 Å². The van der Waals surface area contributed by atoms with E-state index in [1.54, 1.807) is 126 Å². The summed E-state index contributed by atoms with van der Waals surface area (Å²) in [5.41, 5.74) is 0.501. The maximum Gasteiger partial charge on any atom is 0.500 e. The lowest BCUT2D eigenvalue weighted by Gasteiger charge is -2.39. The van der Waals surface area contributed by atoms with Gasteiger partial charge in [0.15, 0.2) is 0 Å². The Morgan fingerprint density at radius 1 is 0.500 bits per heavy atom. The molecule has 0 bridgehead atoms. The Bertz CT molecular complexity index is 3270. The van der Waals surface area contributed by atoms with E-state index in [0.717, 1.165) is 17.5 Å². The van der Waals surface area contributed by atoms with E-state index < -0.39 is 71.4 Å². The number of nitrogens with zero attached hydrogens (tertiary/aromatic N) is 3. The molecule has 0 aromatic heterocycles. The van der Waals surface area contributed by atoms with Crippen molar-refractivity contribution in [3.05, 3.63) is 191 Å². The predicted molar refractivity (Wildman–Crippen MR) is 379 cm³/mol. The average molecular weight is 1420 g/mol. The van der Waals surface area contributed by atoms with Gasteiger partial charge in [-0.25, -0.2) is 24.2 Å². The van der Waals surface area contributed by atoms with Crippen molar-refractivity contribution in [2.24, 2.45) is 4.99 Å². The van der Waals surface area contributed by atoms with Gasteiger partial charge in [0, 0.05) is 64.7 Å². The average Bonchev–Trinajstić information content (AvgIpc) is 1.45. The van der Waals surface area contributed by atoms with E-state index in [-0.39, 0.29) is 39.1 Å². The number of aliphatic hydroxyl groups is 3. The predicted octanol–water partition coefficient (Wildman–Crippen LogP) is 11.4. The molecule has 2 aliphatic heterocycles. The highest BCUT2D eigenvalue weighted by Gasteiger charge is 2.53. The molecule has 2 saturated heterocycles. The molecule has 8 rings (SSSR count). The number of nitrogens with one attached hydrogen (secondary N) is 1. The number of amides is 3. The lowest BCUT2D eigenvalue weighted by Crippen LogP contribution is -2.50. The Balaban J connectivity index is 0.000000270. The van der Waals surface area contributed by atoms with Gasteiger partial charge in [0.1, 0.15) is 53.5 Å². The summed E-state index contributed by atoms with van der Waals surface area (Å²) in [6.45, 7) is 15.5. The third kappa shape index (κ3) is 22.6. The number of rotatable bonds is 35. The van der Waals surface area contributed by atoms with Crippen LogP contribution in [-0.2, 0) is 70.0 Å². The summed E-state index contributed by atoms with van der Waals surface area (Å²) in [5.74, 6) is 2.51. The van der Waals surface area contributed by atoms with Gasteiger partial charge in [0.05, 0.1) is 66.3 Å². The molecule has 0 unspecified atom stereocenters. The van der Waals surface area contributed by atoms with Crippen molar-refractivity contribution in [1.29, 1.82) is 0 Å². The highest BCUT2D eigenvalue weighted by molar-refractivity contribution is 6.61. The SMILES string of the molecule is CCO[Si](CCCN=C=O)(OCC)OCC.CCO[Si](CCCNC(=O)O[C@@H]1C[C@@H](C(O)(c2ccc(OC)cc2)c2ccc(OC)cc2)N(C(=O)OCc2ccccc2)C1)(OCC)OCC.COc1ccc(C(O)(c2ccc(OC)cc2)[C@@H]2C[C@@H](O)CN2C(=O)OCc2ccccc2)cc1. The molecule has 2 aliphatic rings. The topological polar surface area (TPSA) is 280 Å². The van der Waals surface area contributed by atoms with Crippen molar-refractivity contribution in [2.75, 3.05) is 94.3 Å². The fourth-order valence-corrected chi connectivity index (χ4v) is 17.3. The van der Waals surface area contributed by atoms with Crippen molar-refractivity contribution < 1.29 is 94.2 Å². The standard InChI is InChI=1S/C37H50N2O10Si.C27H29NO6.C10H21NO4Si/c1-6-46-50(47-7-2,48-8-3)24-12-23-38-35(40)49-33-25-34(39(26-33)36(41)45-27-28-13-10-9-11-14-28)37(42,29-15-19-31(43-4)20-16-29)30-17-21-32(44-5)22-18-30;1-32-23-12-8-20(9-13-23)27(31,21-10-14-24(33-2)15-11-21)25-16-22(29)17-28(25)26(30)34-18-19-6-4-3-5-7-19;1-4-13-16(14-5-2,15-6-3)9-7-8-11-10-12/h9-11,13-22,33-34,42H,6-8,12,23-27H2,1-5H3,(H,38,40);3-15,22,25,29,31H,16-18H2,1-2H3;4-9H2,1-3H3/t33-,34+;22-,25+;/m11./s1. The molecule has 26 heteroatoms. The Kier molecular flexibility index (Phi) is 33.5. The Morgan fingerprint density at radius 3 is 1.18 bits per heavy atom. The number of β-amino-alcohol motifs (C(OH)–C–C–N with tert-alkyl or cyclic N) is 1. The molecular weight excluding hydrogens is 1320 g/mol. The molecule has 2 heterocycles. The minimum atomic E-state index is -2.86. The minimum absolute atomic E-state index is 0.00930. The van der Waals surface area contributed by atoms with Gasteiger partial charge in [0.25, 0.3) is 0 Å². The molecule has 0 saturated carbocycles. The van der Waals surface area contributed by atoms with E-state index in [1.165, 1.54) is 15.9 Å². The van der Waals surface area contributed by atoms with Crippen LogP contribution in [0.15, 0.2) is 163 Å². The van der Waals surface area contributed by atoms with Crippen LogP contribution >= 0.6 is 0 Å². The van der Waals surface area contributed by atoms with Crippen LogP contribution in [0.2, 0.25) is 12.1 Å². The summed E-state index contributed by atoms with van der Waals surface area (Å²) in [6, 6.07) is 46.4. The van der Waals surface area contributed by atoms with Crippen molar-refractivity contribution in [1.82, 2.24) is 15.1 Å². The quantitative estimate of drug-likeness (QED) is 0.00946. The highest BCUT2D eigenvalue weighted by atomic mass is 28.4. The molecule has 6 aromatic carbocycles. The fourth-order valence-electron chi connectivity index (χ4n) is 12.1. The summed E-state index contributed by atoms with van der Waals surface area (Å²) in [6.07, 6.45) is -0.282. The van der Waals surface area contributed by atoms with Crippen LogP contribution in [0.1, 0.15) is 101 Å². The summed E-state index contributed by atoms with van der Waals surface area (Å²) >= 11 is 0. The maximum absolute atomic E-state index is 13.8. The number of carbonyl (C=O) groups excluding carboxylic acids is 4. The van der Waals surface area contributed by atoms with Crippen molar-refractivity contribution in [2.45, 2.75) is 128 Å². The molecule has 4 atom stereocenters. The number of isocyanates is 1. The number of methoxy groups -OCH3 is 4. The third-order valence-electron chi connectivity index (χ3n) is 16.7. The summed E-state index contributed by atoms with van der Waals surface area (Å²) in [5, 5.41) is 38.4. The largest absolute Gasteiger partial charge is 0.500 e. The van der Waals surface area contributed by atoms with Gasteiger partial charge in [-0.3, -0.25) is 9.80 Å². The number of aliphatic imine (C=N–C) groups is 1. The van der Waals surface area contributed by atoms with Gasteiger partial charge in [-0.15, -0.1) is 0 Å². The Labute approximate surface area is 590 Å². The molecule has 0 radical (unpaired) electrons. The Hall–Kier alpha value is -8.22. The number of likely N-dealkylation sites (tertiary alicyclic amines) is 2. The first kappa shape index (κ1) is 80.8. The first-order valence-corrected chi connectivity index (χ1v) is 37.7. The molecule has 4 N–H and O–H groups in total. The van der Waals surface area contributed by atoms with Gasteiger partial charge in [-0.1, -0.05) is 109 Å². The Morgan fingerprint density at radius 2 is 0.840 bits per heavy atom. The number of hydrogen-bond acceptors (Lipinski definition) is 21. The smallest absolute Gasteiger partial charge is 0.497 e. The molecule has 3 amide bonds. The summed E-state index contributed by atoms with van der Waals surface area (Å²) in [7, 11) is 0.878. The highest BCUT2D eigenvalue weighted by Crippen LogP contribution is 2.44. The zero-order valence-corrected chi connectivity index (χ0v) is 61.2. The van der Waals surface area contributed by atoms with E-state index in [1.807, 2.05) is 102 Å². The van der Waals surface area contributed by atoms with E-state index in [0.29, 0.717) is 116 Å². The second-order valence-electron chi connectivity index (χ2n) is 23.1. The monoisotopic (exact) mass is 1420 g/mol. The normalized spacial score (nSPS) is 16.0. The number of aliphatic hydroxyl groups excluding tert-OH is 1. The number of carbonyl (C=O) groups is 3. The van der Waals surface area contributed by atoms with Gasteiger partial charge in [-0.05, 0) is 143 Å². The maximum atomic E-state index is 13.8. The second-order valence-corrected chi connectivity index (χ2v) is 28.6. The van der Waals surface area contributed by atoms with Crippen molar-refractivity contribution >= 4 is 42.0 Å². The minimum Gasteiger partial charge on any atom is -0.497 e. The molecule has 544 valence electrons. The zero-order valence-electron chi connectivity index (χ0n) is 59.2. The molecule has 100 heavy (non-hydrogen) atoms. The van der Waals surface area contributed by atoms with Crippen LogP contribution in [0.25, 0.3) is 0 Å². The molecular formula is C74H100N4O20Si2. The van der Waals surface area contributed by atoms with Gasteiger partial charge < -0.3 is 80.4 Å². The van der Waals surface area contributed by atoms with Crippen LogP contribution in [-0.4, -0.2) is 186 Å². The molecule has 0 spiro atoms. The van der Waals surface area contributed by atoms with E-state index in [9.17, 15) is 34.5 Å². The van der Waals surface area contributed by atoms with E-state index in [2.05, 4.69) is 10.3 Å². The van der Waals surface area contributed by atoms with Crippen molar-refractivity contribution in [3.63, 3.8) is 0 Å². The molecule has 6 aromatic rings. The molecule has 2 fully saturated rings. The van der Waals surface area contributed by atoms with Gasteiger partial charge in [-0.2, -0.15) is 0 Å². The number of ether oxygens (including phenoxy) is 7. The third-order valence-corrected chi connectivity index (χ3v) is 23.0. The van der Waals surface area contributed by atoms with Crippen LogP contribution < -0.4 is 24.3 Å². The van der Waals surface area contributed by atoms with Crippen LogP contribution in [0.4, 0.5) is 14.4 Å². The van der Waals surface area contributed by atoms with E-state index in [4.69, 9.17) is 59.7 Å². The lowest BCUT2D eigenvalue weighted by molar-refractivity contribution is -0.00709. The summed E-state index contributed by atoms with van der Waals surface area (Å²) in [4.78, 5) is 56.3. The molecule has 24 nitrogen and oxygen atoms in total. The second kappa shape index (κ2) is 41.5. The molecule has 0 aliphatic carbocycles. The van der Waals surface area contributed by atoms with Crippen LogP contribution in [0.3, 0.4) is 0 Å². The number of hydrogen-bond donors (Lipinski definition) is 4. The number of alkyl carbamates (subject to hydrolysis) is 1. The zero-order chi connectivity index (χ0) is 72.4. The number of benzene rings is 6. The summed E-state index contributed by atoms with van der Waals surface area (Å²) < 4.78 is 73.1. The van der Waals surface area contributed by atoms with Gasteiger partial charge in [0.2, 0.25) is 6.08 Å². The first-order chi connectivity index (χ1) is 48.4. The van der Waals surface area contributed by atoms with E-state index >= 15 is 0 Å².